The smallest absolute Gasteiger partial charge is 0.317 e. The Morgan fingerprint density at radius 3 is 2.85 bits per heavy atom. The second-order valence-electron chi connectivity index (χ2n) is 6.60. The zero-order valence-electron chi connectivity index (χ0n) is 15.9. The van der Waals surface area contributed by atoms with Crippen LogP contribution < -0.4 is 14.8 Å². The van der Waals surface area contributed by atoms with Gasteiger partial charge in [-0.25, -0.2) is 9.78 Å². The number of aryl methyl sites for hydroxylation is 1. The van der Waals surface area contributed by atoms with E-state index in [1.54, 1.807) is 19.4 Å². The molecule has 2 heterocycles. The highest BCUT2D eigenvalue weighted by Gasteiger charge is 2.25. The lowest BCUT2D eigenvalue weighted by Crippen LogP contribution is -2.49. The van der Waals surface area contributed by atoms with E-state index >= 15 is 0 Å². The molecular weight excluding hydrogens is 344 g/mol. The van der Waals surface area contributed by atoms with E-state index in [9.17, 15) is 4.79 Å². The maximum Gasteiger partial charge on any atom is 0.317 e. The van der Waals surface area contributed by atoms with Crippen molar-refractivity contribution in [3.05, 3.63) is 47.9 Å². The number of likely N-dealkylation sites (tertiary alicyclic amines) is 1. The molecule has 1 saturated heterocycles. The molecule has 1 aliphatic rings. The lowest BCUT2D eigenvalue weighted by atomic mass is 10.1. The fourth-order valence-electron chi connectivity index (χ4n) is 3.11. The molecule has 1 aromatic heterocycles. The van der Waals surface area contributed by atoms with Gasteiger partial charge in [0, 0.05) is 25.4 Å². The summed E-state index contributed by atoms with van der Waals surface area (Å²) in [5, 5.41) is 3.00. The number of carbonyl (C=O) groups is 1. The van der Waals surface area contributed by atoms with E-state index in [0.29, 0.717) is 24.8 Å². The highest BCUT2D eigenvalue weighted by Crippen LogP contribution is 2.17. The third kappa shape index (κ3) is 5.57. The molecular formula is C20H26N4O3. The van der Waals surface area contributed by atoms with Gasteiger partial charge in [0.15, 0.2) is 0 Å². The summed E-state index contributed by atoms with van der Waals surface area (Å²) in [6.45, 7) is 3.74. The predicted octanol–water partition coefficient (Wildman–Crippen LogP) is 2.59. The van der Waals surface area contributed by atoms with Gasteiger partial charge in [0.05, 0.1) is 13.7 Å². The summed E-state index contributed by atoms with van der Waals surface area (Å²) >= 11 is 0. The molecule has 27 heavy (non-hydrogen) atoms. The number of hydrogen-bond donors (Lipinski definition) is 1. The number of benzene rings is 1. The van der Waals surface area contributed by atoms with Crippen molar-refractivity contribution < 1.29 is 14.3 Å². The number of rotatable bonds is 6. The van der Waals surface area contributed by atoms with Crippen LogP contribution in [0.1, 0.15) is 24.2 Å². The lowest BCUT2D eigenvalue weighted by Gasteiger charge is -2.32. The molecule has 1 atom stereocenters. The largest absolute Gasteiger partial charge is 0.497 e. The molecule has 0 radical (unpaired) electrons. The van der Waals surface area contributed by atoms with Crippen LogP contribution in [-0.2, 0) is 6.42 Å². The molecule has 1 N–H and O–H groups in total. The summed E-state index contributed by atoms with van der Waals surface area (Å²) in [4.78, 5) is 22.6. The number of piperidine rings is 1. The molecule has 0 unspecified atom stereocenters. The third-order valence-corrected chi connectivity index (χ3v) is 4.55. The third-order valence-electron chi connectivity index (χ3n) is 4.55. The first-order chi connectivity index (χ1) is 13.1. The second-order valence-corrected chi connectivity index (χ2v) is 6.60. The number of amides is 2. The van der Waals surface area contributed by atoms with E-state index in [1.807, 2.05) is 36.1 Å². The molecule has 3 rings (SSSR count). The van der Waals surface area contributed by atoms with Gasteiger partial charge in [-0.15, -0.1) is 0 Å². The first-order valence-electron chi connectivity index (χ1n) is 9.26. The van der Waals surface area contributed by atoms with Gasteiger partial charge >= 0.3 is 6.03 Å². The number of nitrogens with zero attached hydrogens (tertiary/aromatic N) is 3. The highest BCUT2D eigenvalue weighted by molar-refractivity contribution is 5.74. The van der Waals surface area contributed by atoms with Crippen molar-refractivity contribution in [3.63, 3.8) is 0 Å². The van der Waals surface area contributed by atoms with Crippen LogP contribution in [0.3, 0.4) is 0 Å². The van der Waals surface area contributed by atoms with E-state index in [0.717, 1.165) is 37.1 Å². The van der Waals surface area contributed by atoms with Crippen LogP contribution >= 0.6 is 0 Å². The van der Waals surface area contributed by atoms with Gasteiger partial charge in [0.1, 0.15) is 17.7 Å². The van der Waals surface area contributed by atoms with Crippen LogP contribution in [0.2, 0.25) is 0 Å². The molecule has 7 heteroatoms. The minimum absolute atomic E-state index is 0.0413. The lowest BCUT2D eigenvalue weighted by molar-refractivity contribution is 0.0976. The van der Waals surface area contributed by atoms with Gasteiger partial charge in [-0.05, 0) is 43.9 Å². The Hall–Kier alpha value is -2.83. The summed E-state index contributed by atoms with van der Waals surface area (Å²) in [6, 6.07) is 9.59. The molecule has 7 nitrogen and oxygen atoms in total. The average molecular weight is 370 g/mol. The number of ether oxygens (including phenoxy) is 2. The summed E-state index contributed by atoms with van der Waals surface area (Å²) in [5.41, 5.74) is 1.16. The molecule has 2 aromatic rings. The summed E-state index contributed by atoms with van der Waals surface area (Å²) < 4.78 is 11.1. The Balaban J connectivity index is 1.44. The van der Waals surface area contributed by atoms with Gasteiger partial charge in [0.25, 0.3) is 0 Å². The molecule has 1 aromatic carbocycles. The fourth-order valence-corrected chi connectivity index (χ4v) is 3.11. The Labute approximate surface area is 159 Å². The maximum absolute atomic E-state index is 12.5. The van der Waals surface area contributed by atoms with E-state index in [1.165, 1.54) is 0 Å². The van der Waals surface area contributed by atoms with Crippen LogP contribution in [0, 0.1) is 6.92 Å². The predicted molar refractivity (Wildman–Crippen MR) is 102 cm³/mol. The topological polar surface area (TPSA) is 76.6 Å². The van der Waals surface area contributed by atoms with Gasteiger partial charge in [0.2, 0.25) is 5.88 Å². The Morgan fingerprint density at radius 2 is 2.11 bits per heavy atom. The number of aromatic nitrogens is 2. The number of nitrogens with one attached hydrogen (secondary N) is 1. The zero-order chi connectivity index (χ0) is 19.1. The van der Waals surface area contributed by atoms with Crippen LogP contribution in [-0.4, -0.2) is 53.7 Å². The average Bonchev–Trinajstić information content (AvgIpc) is 2.69. The van der Waals surface area contributed by atoms with Crippen LogP contribution in [0.5, 0.6) is 11.6 Å². The summed E-state index contributed by atoms with van der Waals surface area (Å²) in [7, 11) is 1.65. The van der Waals surface area contributed by atoms with Crippen LogP contribution in [0.15, 0.2) is 36.5 Å². The molecule has 0 saturated carbocycles. The van der Waals surface area contributed by atoms with E-state index in [-0.39, 0.29) is 12.1 Å². The van der Waals surface area contributed by atoms with Crippen LogP contribution in [0.4, 0.5) is 4.79 Å². The molecule has 0 bridgehead atoms. The highest BCUT2D eigenvalue weighted by atomic mass is 16.5. The van der Waals surface area contributed by atoms with Crippen molar-refractivity contribution in [2.45, 2.75) is 32.3 Å². The molecule has 0 aliphatic carbocycles. The Kier molecular flexibility index (Phi) is 6.46. The Bertz CT molecular complexity index is 751. The number of hydrogen-bond acceptors (Lipinski definition) is 5. The fraction of sp³-hybridized carbons (Fsp3) is 0.450. The SMILES string of the molecule is COc1ccc(CCNC(=O)N2CCC[C@H](Oc3ccnc(C)n3)C2)cc1. The molecule has 1 fully saturated rings. The zero-order valence-corrected chi connectivity index (χ0v) is 15.9. The number of methoxy groups -OCH3 is 1. The minimum atomic E-state index is -0.0457. The summed E-state index contributed by atoms with van der Waals surface area (Å²) in [5.74, 6) is 2.08. The van der Waals surface area contributed by atoms with Gasteiger partial charge < -0.3 is 19.7 Å². The van der Waals surface area contributed by atoms with Gasteiger partial charge in [-0.1, -0.05) is 12.1 Å². The maximum atomic E-state index is 12.5. The monoisotopic (exact) mass is 370 g/mol. The molecule has 2 amide bonds. The summed E-state index contributed by atoms with van der Waals surface area (Å²) in [6.07, 6.45) is 4.26. The van der Waals surface area contributed by atoms with Crippen molar-refractivity contribution in [2.75, 3.05) is 26.7 Å². The van der Waals surface area contributed by atoms with E-state index < -0.39 is 0 Å². The van der Waals surface area contributed by atoms with E-state index in [4.69, 9.17) is 9.47 Å². The van der Waals surface area contributed by atoms with Crippen molar-refractivity contribution in [1.29, 1.82) is 0 Å². The van der Waals surface area contributed by atoms with E-state index in [2.05, 4.69) is 15.3 Å². The first-order valence-corrected chi connectivity index (χ1v) is 9.26. The number of carbonyl (C=O) groups excluding carboxylic acids is 1. The second kappa shape index (κ2) is 9.21. The molecule has 144 valence electrons. The van der Waals surface area contributed by atoms with Crippen molar-refractivity contribution >= 4 is 6.03 Å². The standard InChI is InChI=1S/C20H26N4O3/c1-15-21-12-10-19(23-15)27-18-4-3-13-24(14-18)20(25)22-11-9-16-5-7-17(26-2)8-6-16/h5-8,10,12,18H,3-4,9,11,13-14H2,1-2H3,(H,22,25)/t18-/m0/s1. The van der Waals surface area contributed by atoms with Crippen LogP contribution in [0.25, 0.3) is 0 Å². The normalized spacial score (nSPS) is 16.7. The van der Waals surface area contributed by atoms with Crippen molar-refractivity contribution in [1.82, 2.24) is 20.2 Å². The first kappa shape index (κ1) is 18.9. The minimum Gasteiger partial charge on any atom is -0.497 e. The molecule has 1 aliphatic heterocycles. The van der Waals surface area contributed by atoms with Gasteiger partial charge in [-0.3, -0.25) is 0 Å². The molecule has 0 spiro atoms. The van der Waals surface area contributed by atoms with Crippen molar-refractivity contribution in [3.8, 4) is 11.6 Å². The Morgan fingerprint density at radius 1 is 1.30 bits per heavy atom. The number of urea groups is 1. The quantitative estimate of drug-likeness (QED) is 0.846. The van der Waals surface area contributed by atoms with Gasteiger partial charge in [-0.2, -0.15) is 4.98 Å². The van der Waals surface area contributed by atoms with Crippen molar-refractivity contribution in [2.24, 2.45) is 0 Å².